The number of aromatic nitrogens is 2. The van der Waals surface area contributed by atoms with Gasteiger partial charge in [0.2, 0.25) is 11.8 Å². The molecule has 0 fully saturated rings. The highest BCUT2D eigenvalue weighted by Crippen LogP contribution is 2.23. The Kier molecular flexibility index (Phi) is 5.04. The minimum absolute atomic E-state index is 0.107. The zero-order chi connectivity index (χ0) is 17.8. The smallest absolute Gasteiger partial charge is 0.234 e. The van der Waals surface area contributed by atoms with Crippen LogP contribution in [-0.4, -0.2) is 27.1 Å². The third-order valence-corrected chi connectivity index (χ3v) is 4.60. The molecule has 0 aliphatic rings. The number of imidazole rings is 1. The monoisotopic (exact) mass is 354 g/mol. The van der Waals surface area contributed by atoms with E-state index in [0.717, 1.165) is 16.2 Å². The van der Waals surface area contributed by atoms with Gasteiger partial charge in [0.05, 0.1) is 16.8 Å². The van der Waals surface area contributed by atoms with Gasteiger partial charge in [-0.2, -0.15) is 0 Å². The zero-order valence-corrected chi connectivity index (χ0v) is 14.8. The summed E-state index contributed by atoms with van der Waals surface area (Å²) in [6.45, 7) is 1.45. The third-order valence-electron chi connectivity index (χ3n) is 3.57. The van der Waals surface area contributed by atoms with Crippen LogP contribution in [0.15, 0.2) is 53.7 Å². The number of rotatable bonds is 5. The first-order valence-electron chi connectivity index (χ1n) is 7.74. The third kappa shape index (κ3) is 4.19. The summed E-state index contributed by atoms with van der Waals surface area (Å²) in [5, 5.41) is 6.32. The average molecular weight is 354 g/mol. The van der Waals surface area contributed by atoms with E-state index in [1.165, 1.54) is 18.7 Å². The number of hydrogen-bond donors (Lipinski definition) is 2. The van der Waals surface area contributed by atoms with E-state index in [0.29, 0.717) is 11.4 Å². The molecular formula is C18H18N4O2S. The normalized spacial score (nSPS) is 10.6. The molecule has 0 bridgehead atoms. The fraction of sp³-hybridized carbons (Fsp3) is 0.167. The molecule has 0 saturated heterocycles. The molecule has 2 amide bonds. The molecule has 1 heterocycles. The van der Waals surface area contributed by atoms with Crippen LogP contribution in [0.3, 0.4) is 0 Å². The second-order valence-electron chi connectivity index (χ2n) is 5.54. The minimum atomic E-state index is -0.129. The van der Waals surface area contributed by atoms with Gasteiger partial charge in [0.25, 0.3) is 0 Å². The molecule has 3 aromatic rings. The van der Waals surface area contributed by atoms with Crippen molar-refractivity contribution >= 4 is 46.0 Å². The summed E-state index contributed by atoms with van der Waals surface area (Å²) >= 11 is 1.39. The van der Waals surface area contributed by atoms with Crippen molar-refractivity contribution < 1.29 is 9.59 Å². The number of carbonyl (C=O) groups excluding carboxylic acids is 2. The lowest BCUT2D eigenvalue weighted by Crippen LogP contribution is -2.14. The van der Waals surface area contributed by atoms with Crippen LogP contribution in [0, 0.1) is 0 Å². The highest BCUT2D eigenvalue weighted by atomic mass is 32.2. The number of aryl methyl sites for hydroxylation is 1. The van der Waals surface area contributed by atoms with Gasteiger partial charge >= 0.3 is 0 Å². The van der Waals surface area contributed by atoms with Crippen LogP contribution >= 0.6 is 11.8 Å². The summed E-state index contributed by atoms with van der Waals surface area (Å²) in [4.78, 5) is 27.7. The van der Waals surface area contributed by atoms with Gasteiger partial charge in [-0.3, -0.25) is 9.59 Å². The van der Waals surface area contributed by atoms with Gasteiger partial charge in [0.15, 0.2) is 5.16 Å². The van der Waals surface area contributed by atoms with Crippen LogP contribution in [0.5, 0.6) is 0 Å². The quantitative estimate of drug-likeness (QED) is 0.690. The zero-order valence-electron chi connectivity index (χ0n) is 13.9. The number of carbonyl (C=O) groups is 2. The highest BCUT2D eigenvalue weighted by Gasteiger charge is 2.10. The second kappa shape index (κ2) is 7.40. The Morgan fingerprint density at radius 1 is 1.04 bits per heavy atom. The van der Waals surface area contributed by atoms with Crippen molar-refractivity contribution in [2.45, 2.75) is 12.1 Å². The number of anilines is 2. The van der Waals surface area contributed by atoms with Crippen molar-refractivity contribution in [3.8, 4) is 0 Å². The Hall–Kier alpha value is -2.80. The van der Waals surface area contributed by atoms with E-state index in [1.807, 2.05) is 35.9 Å². The largest absolute Gasteiger partial charge is 0.326 e. The van der Waals surface area contributed by atoms with E-state index in [2.05, 4.69) is 15.6 Å². The van der Waals surface area contributed by atoms with E-state index >= 15 is 0 Å². The topological polar surface area (TPSA) is 76.0 Å². The van der Waals surface area contributed by atoms with Crippen molar-refractivity contribution in [2.24, 2.45) is 7.05 Å². The molecule has 0 radical (unpaired) electrons. The molecular weight excluding hydrogens is 336 g/mol. The van der Waals surface area contributed by atoms with Crippen molar-refractivity contribution in [2.75, 3.05) is 16.4 Å². The maximum atomic E-state index is 12.1. The summed E-state index contributed by atoms with van der Waals surface area (Å²) in [5.41, 5.74) is 3.34. The molecule has 3 rings (SSSR count). The number of hydrogen-bond acceptors (Lipinski definition) is 4. The maximum absolute atomic E-state index is 12.1. The standard InChI is InChI=1S/C18H18N4O2S/c1-12(23)19-13-7-9-14(10-8-13)20-17(24)11-25-18-21-15-5-3-4-6-16(15)22(18)2/h3-10H,11H2,1-2H3,(H,19,23)(H,20,24). The Bertz CT molecular complexity index is 918. The van der Waals surface area contributed by atoms with Crippen LogP contribution in [0.2, 0.25) is 0 Å². The first-order valence-corrected chi connectivity index (χ1v) is 8.73. The highest BCUT2D eigenvalue weighted by molar-refractivity contribution is 7.99. The van der Waals surface area contributed by atoms with Gasteiger partial charge in [-0.25, -0.2) is 4.98 Å². The lowest BCUT2D eigenvalue weighted by Gasteiger charge is -2.07. The Balaban J connectivity index is 1.59. The predicted molar refractivity (Wildman–Crippen MR) is 101 cm³/mol. The predicted octanol–water partition coefficient (Wildman–Crippen LogP) is 3.26. The van der Waals surface area contributed by atoms with Gasteiger partial charge in [0.1, 0.15) is 0 Å². The number of fused-ring (bicyclic) bond motifs is 1. The molecule has 7 heteroatoms. The average Bonchev–Trinajstić information content (AvgIpc) is 2.91. The van der Waals surface area contributed by atoms with E-state index in [9.17, 15) is 9.59 Å². The van der Waals surface area contributed by atoms with Crippen molar-refractivity contribution in [3.05, 3.63) is 48.5 Å². The molecule has 0 spiro atoms. The van der Waals surface area contributed by atoms with Gasteiger partial charge in [-0.1, -0.05) is 23.9 Å². The Labute approximate surface area is 149 Å². The van der Waals surface area contributed by atoms with Crippen molar-refractivity contribution in [1.82, 2.24) is 9.55 Å². The number of nitrogens with one attached hydrogen (secondary N) is 2. The molecule has 0 saturated carbocycles. The first kappa shape index (κ1) is 17.0. The molecule has 1 aromatic heterocycles. The van der Waals surface area contributed by atoms with Gasteiger partial charge in [-0.15, -0.1) is 0 Å². The molecule has 2 N–H and O–H groups in total. The summed E-state index contributed by atoms with van der Waals surface area (Å²) in [7, 11) is 1.94. The molecule has 128 valence electrons. The molecule has 2 aromatic carbocycles. The van der Waals surface area contributed by atoms with E-state index in [1.54, 1.807) is 24.3 Å². The number of benzene rings is 2. The summed E-state index contributed by atoms with van der Waals surface area (Å²) < 4.78 is 1.98. The summed E-state index contributed by atoms with van der Waals surface area (Å²) in [5.74, 6) is 0.0323. The Morgan fingerprint density at radius 2 is 1.68 bits per heavy atom. The van der Waals surface area contributed by atoms with Gasteiger partial charge < -0.3 is 15.2 Å². The molecule has 25 heavy (non-hydrogen) atoms. The van der Waals surface area contributed by atoms with Crippen LogP contribution in [0.1, 0.15) is 6.92 Å². The second-order valence-corrected chi connectivity index (χ2v) is 6.48. The van der Waals surface area contributed by atoms with Gasteiger partial charge in [-0.05, 0) is 36.4 Å². The molecule has 0 aliphatic heterocycles. The first-order chi connectivity index (χ1) is 12.0. The summed E-state index contributed by atoms with van der Waals surface area (Å²) in [6, 6.07) is 14.9. The van der Waals surface area contributed by atoms with Crippen molar-refractivity contribution in [1.29, 1.82) is 0 Å². The summed E-state index contributed by atoms with van der Waals surface area (Å²) in [6.07, 6.45) is 0. The fourth-order valence-electron chi connectivity index (χ4n) is 2.42. The Morgan fingerprint density at radius 3 is 2.32 bits per heavy atom. The number of amides is 2. The molecule has 0 atom stereocenters. The lowest BCUT2D eigenvalue weighted by atomic mass is 10.3. The SMILES string of the molecule is CC(=O)Nc1ccc(NC(=O)CSc2nc3ccccc3n2C)cc1. The number of nitrogens with zero attached hydrogens (tertiary/aromatic N) is 2. The van der Waals surface area contributed by atoms with Crippen LogP contribution in [0.4, 0.5) is 11.4 Å². The lowest BCUT2D eigenvalue weighted by molar-refractivity contribution is -0.114. The van der Waals surface area contributed by atoms with Crippen LogP contribution in [-0.2, 0) is 16.6 Å². The maximum Gasteiger partial charge on any atom is 0.234 e. The number of para-hydroxylation sites is 2. The van der Waals surface area contributed by atoms with Crippen LogP contribution < -0.4 is 10.6 Å². The molecule has 6 nitrogen and oxygen atoms in total. The van der Waals surface area contributed by atoms with E-state index in [4.69, 9.17) is 0 Å². The molecule has 0 aliphatic carbocycles. The number of thioether (sulfide) groups is 1. The minimum Gasteiger partial charge on any atom is -0.326 e. The van der Waals surface area contributed by atoms with Gasteiger partial charge in [0, 0.05) is 25.3 Å². The fourth-order valence-corrected chi connectivity index (χ4v) is 3.21. The van der Waals surface area contributed by atoms with E-state index < -0.39 is 0 Å². The van der Waals surface area contributed by atoms with Crippen molar-refractivity contribution in [3.63, 3.8) is 0 Å². The van der Waals surface area contributed by atoms with E-state index in [-0.39, 0.29) is 17.6 Å². The molecule has 0 unspecified atom stereocenters. The van der Waals surface area contributed by atoms with Crippen LogP contribution in [0.25, 0.3) is 11.0 Å².